The Bertz CT molecular complexity index is 1180. The van der Waals surface area contributed by atoms with Crippen molar-refractivity contribution in [3.63, 3.8) is 0 Å². The van der Waals surface area contributed by atoms with Gasteiger partial charge in [-0.3, -0.25) is 0 Å². The van der Waals surface area contributed by atoms with Crippen LogP contribution in [0.3, 0.4) is 0 Å². The Hall–Kier alpha value is -3.19. The first-order valence-electron chi connectivity index (χ1n) is 9.49. The van der Waals surface area contributed by atoms with Gasteiger partial charge in [0, 0.05) is 11.1 Å². The number of aryl methyl sites for hydroxylation is 1. The van der Waals surface area contributed by atoms with Crippen LogP contribution in [0.25, 0.3) is 11.1 Å². The van der Waals surface area contributed by atoms with Crippen molar-refractivity contribution in [1.29, 1.82) is 0 Å². The van der Waals surface area contributed by atoms with E-state index in [4.69, 9.17) is 0 Å². The monoisotopic (exact) mass is 421 g/mol. The number of hydrogen-bond acceptors (Lipinski definition) is 2. The Labute approximate surface area is 179 Å². The molecule has 0 unspecified atom stereocenters. The fourth-order valence-electron chi connectivity index (χ4n) is 2.98. The largest absolute Gasteiger partial charge is 0.206 e. The minimum atomic E-state index is -0.619. The second-order valence-electron chi connectivity index (χ2n) is 6.73. The SMILES string of the molecule is CCCCc1ccc(C#Cc2ccc(-c3ccc(N=C=S)c(F)c3)c(F)c2)c(F)c1. The first-order valence-corrected chi connectivity index (χ1v) is 9.90. The normalized spacial score (nSPS) is 10.1. The maximum absolute atomic E-state index is 14.6. The molecule has 5 heteroatoms. The fourth-order valence-corrected chi connectivity index (χ4v) is 3.08. The van der Waals surface area contributed by atoms with E-state index in [9.17, 15) is 13.2 Å². The van der Waals surface area contributed by atoms with Crippen LogP contribution in [0.1, 0.15) is 36.5 Å². The van der Waals surface area contributed by atoms with Crippen LogP contribution in [0, 0.1) is 29.3 Å². The highest BCUT2D eigenvalue weighted by Crippen LogP contribution is 2.28. The Balaban J connectivity index is 1.83. The molecular formula is C25H18F3NS. The van der Waals surface area contributed by atoms with Crippen molar-refractivity contribution in [2.45, 2.75) is 26.2 Å². The summed E-state index contributed by atoms with van der Waals surface area (Å²) in [5.41, 5.74) is 2.22. The fraction of sp³-hybridized carbons (Fsp3) is 0.160. The summed E-state index contributed by atoms with van der Waals surface area (Å²) in [6, 6.07) is 13.5. The third-order valence-corrected chi connectivity index (χ3v) is 4.68. The van der Waals surface area contributed by atoms with E-state index in [1.807, 2.05) is 6.07 Å². The van der Waals surface area contributed by atoms with Gasteiger partial charge in [0.15, 0.2) is 0 Å². The molecule has 3 aromatic rings. The summed E-state index contributed by atoms with van der Waals surface area (Å²) in [5.74, 6) is 3.97. The minimum absolute atomic E-state index is 0.0411. The van der Waals surface area contributed by atoms with Crippen LogP contribution >= 0.6 is 12.2 Å². The van der Waals surface area contributed by atoms with Crippen LogP contribution in [-0.2, 0) is 6.42 Å². The molecule has 0 aliphatic heterocycles. The Kier molecular flexibility index (Phi) is 7.19. The third-order valence-electron chi connectivity index (χ3n) is 4.59. The molecule has 0 bridgehead atoms. The van der Waals surface area contributed by atoms with Gasteiger partial charge in [-0.2, -0.15) is 4.99 Å². The quantitative estimate of drug-likeness (QED) is 0.240. The lowest BCUT2D eigenvalue weighted by molar-refractivity contribution is 0.620. The van der Waals surface area contributed by atoms with E-state index < -0.39 is 11.6 Å². The Morgan fingerprint density at radius 3 is 2.37 bits per heavy atom. The second-order valence-corrected chi connectivity index (χ2v) is 6.91. The minimum Gasteiger partial charge on any atom is -0.206 e. The van der Waals surface area contributed by atoms with Crippen LogP contribution in [-0.4, -0.2) is 5.16 Å². The number of hydrogen-bond donors (Lipinski definition) is 0. The van der Waals surface area contributed by atoms with Crippen molar-refractivity contribution >= 4 is 23.1 Å². The lowest BCUT2D eigenvalue weighted by Gasteiger charge is -2.05. The summed E-state index contributed by atoms with van der Waals surface area (Å²) in [4.78, 5) is 3.60. The first-order chi connectivity index (χ1) is 14.5. The predicted octanol–water partition coefficient (Wildman–Crippen LogP) is 7.25. The van der Waals surface area contributed by atoms with Crippen LogP contribution in [0.5, 0.6) is 0 Å². The molecule has 0 radical (unpaired) electrons. The standard InChI is InChI=1S/C25H18F3NS/c1-2-3-4-17-5-8-19(22(26)13-17)9-6-18-7-11-21(23(27)14-18)20-10-12-25(29-16-30)24(28)15-20/h5,7-8,10-15H,2-4H2,1H3. The number of thiocarbonyl (C=S) groups is 1. The second kappa shape index (κ2) is 10.0. The van der Waals surface area contributed by atoms with E-state index in [1.54, 1.807) is 18.2 Å². The molecule has 0 saturated heterocycles. The summed E-state index contributed by atoms with van der Waals surface area (Å²) in [5, 5.41) is 2.10. The van der Waals surface area contributed by atoms with Crippen LogP contribution in [0.15, 0.2) is 59.6 Å². The van der Waals surface area contributed by atoms with Crippen LogP contribution in [0.2, 0.25) is 0 Å². The molecule has 0 fully saturated rings. The van der Waals surface area contributed by atoms with E-state index in [0.717, 1.165) is 24.8 Å². The molecule has 0 aromatic heterocycles. The molecule has 0 heterocycles. The van der Waals surface area contributed by atoms with Gasteiger partial charge in [0.25, 0.3) is 0 Å². The van der Waals surface area contributed by atoms with Crippen molar-refractivity contribution in [3.05, 3.63) is 88.7 Å². The number of unbranched alkanes of at least 4 members (excludes halogenated alkanes) is 1. The predicted molar refractivity (Wildman–Crippen MR) is 117 cm³/mol. The molecule has 30 heavy (non-hydrogen) atoms. The average molecular weight is 421 g/mol. The Morgan fingerprint density at radius 1 is 0.867 bits per heavy atom. The van der Waals surface area contributed by atoms with Crippen molar-refractivity contribution < 1.29 is 13.2 Å². The van der Waals surface area contributed by atoms with Gasteiger partial charge in [-0.25, -0.2) is 13.2 Å². The molecule has 0 N–H and O–H groups in total. The molecule has 1 nitrogen and oxygen atoms in total. The molecule has 0 aliphatic rings. The molecule has 0 spiro atoms. The molecule has 0 atom stereocenters. The molecule has 0 aliphatic carbocycles. The number of halogens is 3. The molecule has 3 rings (SSSR count). The van der Waals surface area contributed by atoms with E-state index in [-0.39, 0.29) is 22.6 Å². The smallest absolute Gasteiger partial charge is 0.150 e. The molecular weight excluding hydrogens is 403 g/mol. The number of rotatable bonds is 5. The lowest BCUT2D eigenvalue weighted by Crippen LogP contribution is -1.90. The van der Waals surface area contributed by atoms with Gasteiger partial charge in [-0.15, -0.1) is 0 Å². The van der Waals surface area contributed by atoms with Crippen molar-refractivity contribution in [3.8, 4) is 23.0 Å². The number of benzene rings is 3. The highest BCUT2D eigenvalue weighted by Gasteiger charge is 2.09. The van der Waals surface area contributed by atoms with Crippen molar-refractivity contribution in [2.24, 2.45) is 4.99 Å². The van der Waals surface area contributed by atoms with Gasteiger partial charge in [-0.05, 0) is 72.6 Å². The zero-order valence-corrected chi connectivity index (χ0v) is 17.1. The first kappa shape index (κ1) is 21.5. The summed E-state index contributed by atoms with van der Waals surface area (Å²) in [7, 11) is 0. The van der Waals surface area contributed by atoms with Crippen LogP contribution < -0.4 is 0 Å². The number of aliphatic imine (C=N–C) groups is 1. The summed E-state index contributed by atoms with van der Waals surface area (Å²) < 4.78 is 42.8. The third kappa shape index (κ3) is 5.24. The molecule has 0 amide bonds. The summed E-state index contributed by atoms with van der Waals surface area (Å²) >= 11 is 4.47. The van der Waals surface area contributed by atoms with Gasteiger partial charge in [0.05, 0.1) is 10.7 Å². The zero-order valence-electron chi connectivity index (χ0n) is 16.3. The van der Waals surface area contributed by atoms with Gasteiger partial charge in [0.2, 0.25) is 0 Å². The molecule has 3 aromatic carbocycles. The van der Waals surface area contributed by atoms with Gasteiger partial charge < -0.3 is 0 Å². The van der Waals surface area contributed by atoms with E-state index in [0.29, 0.717) is 11.1 Å². The van der Waals surface area contributed by atoms with E-state index in [1.165, 1.54) is 30.3 Å². The Morgan fingerprint density at radius 2 is 1.70 bits per heavy atom. The zero-order chi connectivity index (χ0) is 21.5. The van der Waals surface area contributed by atoms with E-state index in [2.05, 4.69) is 41.1 Å². The highest BCUT2D eigenvalue weighted by molar-refractivity contribution is 7.78. The average Bonchev–Trinajstić information content (AvgIpc) is 2.73. The van der Waals surface area contributed by atoms with Crippen molar-refractivity contribution in [2.75, 3.05) is 0 Å². The van der Waals surface area contributed by atoms with Crippen molar-refractivity contribution in [1.82, 2.24) is 0 Å². The summed E-state index contributed by atoms with van der Waals surface area (Å²) in [6.45, 7) is 2.09. The van der Waals surface area contributed by atoms with E-state index >= 15 is 0 Å². The van der Waals surface area contributed by atoms with Gasteiger partial charge in [-0.1, -0.05) is 43.4 Å². The van der Waals surface area contributed by atoms with Crippen LogP contribution in [0.4, 0.5) is 18.9 Å². The molecule has 0 saturated carbocycles. The van der Waals surface area contributed by atoms with Gasteiger partial charge in [0.1, 0.15) is 23.1 Å². The number of nitrogens with zero attached hydrogens (tertiary/aromatic N) is 1. The maximum Gasteiger partial charge on any atom is 0.150 e. The lowest BCUT2D eigenvalue weighted by atomic mass is 10.0. The number of isothiocyanates is 1. The summed E-state index contributed by atoms with van der Waals surface area (Å²) in [6.07, 6.45) is 2.87. The highest BCUT2D eigenvalue weighted by atomic mass is 32.1. The topological polar surface area (TPSA) is 12.4 Å². The van der Waals surface area contributed by atoms with Gasteiger partial charge >= 0.3 is 0 Å². The molecule has 150 valence electrons. The maximum atomic E-state index is 14.6.